The first-order valence-electron chi connectivity index (χ1n) is 9.33. The van der Waals surface area contributed by atoms with E-state index in [0.717, 1.165) is 11.1 Å². The quantitative estimate of drug-likeness (QED) is 0.835. The van der Waals surface area contributed by atoms with E-state index in [1.807, 2.05) is 0 Å². The first kappa shape index (κ1) is 18.8. The molecule has 4 heterocycles. The fourth-order valence-electron chi connectivity index (χ4n) is 4.12. The fourth-order valence-corrected chi connectivity index (χ4v) is 4.12. The predicted octanol–water partition coefficient (Wildman–Crippen LogP) is 3.77. The van der Waals surface area contributed by atoms with Crippen molar-refractivity contribution < 1.29 is 22.4 Å². The van der Waals surface area contributed by atoms with Crippen molar-refractivity contribution in [3.63, 3.8) is 0 Å². The van der Waals surface area contributed by atoms with Gasteiger partial charge in [-0.2, -0.15) is 18.3 Å². The summed E-state index contributed by atoms with van der Waals surface area (Å²) in [5.74, 6) is 0.607. The summed E-state index contributed by atoms with van der Waals surface area (Å²) in [5.41, 5.74) is 0.968. The van der Waals surface area contributed by atoms with Crippen LogP contribution in [0.15, 0.2) is 10.5 Å². The van der Waals surface area contributed by atoms with Crippen LogP contribution < -0.4 is 5.32 Å². The van der Waals surface area contributed by atoms with Crippen molar-refractivity contribution in [1.29, 1.82) is 0 Å². The Balaban J connectivity index is 1.66. The SMILES string of the molecule is Cc1nc(C)c(C(=O)N2CCCC2c2cc3n(n2)[C@@H](C(F)(F)F)C[C@@H](C)N3)o1. The second-order valence-corrected chi connectivity index (χ2v) is 7.54. The second kappa shape index (κ2) is 6.52. The Morgan fingerprint density at radius 2 is 2.11 bits per heavy atom. The first-order valence-corrected chi connectivity index (χ1v) is 9.33. The molecule has 4 rings (SSSR count). The maximum Gasteiger partial charge on any atom is 0.410 e. The minimum atomic E-state index is -4.38. The smallest absolute Gasteiger partial charge is 0.410 e. The summed E-state index contributed by atoms with van der Waals surface area (Å²) in [6, 6.07) is -0.744. The number of likely N-dealkylation sites (tertiary alicyclic amines) is 1. The molecule has 7 nitrogen and oxygen atoms in total. The summed E-state index contributed by atoms with van der Waals surface area (Å²) >= 11 is 0. The molecule has 2 aliphatic heterocycles. The Morgan fingerprint density at radius 1 is 1.36 bits per heavy atom. The average Bonchev–Trinajstić information content (AvgIpc) is 3.29. The summed E-state index contributed by atoms with van der Waals surface area (Å²) in [4.78, 5) is 18.7. The van der Waals surface area contributed by atoms with Crippen LogP contribution in [0.25, 0.3) is 0 Å². The summed E-state index contributed by atoms with van der Waals surface area (Å²) < 4.78 is 46.9. The van der Waals surface area contributed by atoms with Crippen LogP contribution in [-0.4, -0.2) is 44.3 Å². The van der Waals surface area contributed by atoms with E-state index < -0.39 is 12.2 Å². The predicted molar refractivity (Wildman–Crippen MR) is 94.0 cm³/mol. The minimum Gasteiger partial charge on any atom is -0.436 e. The van der Waals surface area contributed by atoms with E-state index in [4.69, 9.17) is 4.42 Å². The van der Waals surface area contributed by atoms with Crippen molar-refractivity contribution >= 4 is 11.7 Å². The molecule has 3 atom stereocenters. The molecular formula is C18H22F3N5O2. The highest BCUT2D eigenvalue weighted by atomic mass is 19.4. The van der Waals surface area contributed by atoms with Gasteiger partial charge in [0.25, 0.3) is 5.91 Å². The van der Waals surface area contributed by atoms with Crippen molar-refractivity contribution in [2.24, 2.45) is 0 Å². The Labute approximate surface area is 159 Å². The van der Waals surface area contributed by atoms with E-state index in [1.54, 1.807) is 31.7 Å². The number of rotatable bonds is 2. The van der Waals surface area contributed by atoms with Gasteiger partial charge in [0.15, 0.2) is 11.9 Å². The lowest BCUT2D eigenvalue weighted by atomic mass is 10.1. The number of amides is 1. The van der Waals surface area contributed by atoms with Gasteiger partial charge in [-0.15, -0.1) is 0 Å². The lowest BCUT2D eigenvalue weighted by Gasteiger charge is -2.31. The number of hydrogen-bond donors (Lipinski definition) is 1. The van der Waals surface area contributed by atoms with Crippen LogP contribution in [0.5, 0.6) is 0 Å². The number of aromatic nitrogens is 3. The third-order valence-corrected chi connectivity index (χ3v) is 5.35. The monoisotopic (exact) mass is 397 g/mol. The highest BCUT2D eigenvalue weighted by Crippen LogP contribution is 2.41. The topological polar surface area (TPSA) is 76.2 Å². The fraction of sp³-hybridized carbons (Fsp3) is 0.611. The van der Waals surface area contributed by atoms with Gasteiger partial charge in [-0.05, 0) is 33.1 Å². The van der Waals surface area contributed by atoms with Crippen LogP contribution in [-0.2, 0) is 0 Å². The third-order valence-electron chi connectivity index (χ3n) is 5.35. The molecule has 0 spiro atoms. The zero-order valence-electron chi connectivity index (χ0n) is 15.9. The van der Waals surface area contributed by atoms with Gasteiger partial charge in [0.05, 0.1) is 17.4 Å². The van der Waals surface area contributed by atoms with Crippen LogP contribution in [0.3, 0.4) is 0 Å². The van der Waals surface area contributed by atoms with Crippen molar-refractivity contribution in [3.8, 4) is 0 Å². The summed E-state index contributed by atoms with van der Waals surface area (Å²) in [6.45, 7) is 5.58. The van der Waals surface area contributed by atoms with Crippen molar-refractivity contribution in [1.82, 2.24) is 19.7 Å². The Kier molecular flexibility index (Phi) is 4.39. The van der Waals surface area contributed by atoms with Gasteiger partial charge >= 0.3 is 6.18 Å². The van der Waals surface area contributed by atoms with Crippen molar-refractivity contribution in [2.45, 2.75) is 64.3 Å². The minimum absolute atomic E-state index is 0.0819. The number of carbonyl (C=O) groups excluding carboxylic acids is 1. The Hall–Kier alpha value is -2.52. The summed E-state index contributed by atoms with van der Waals surface area (Å²) in [5, 5.41) is 7.33. The standard InChI is InChI=1S/C18H22F3N5O2/c1-9-7-14(18(19,20)21)26-15(22-9)8-12(24-26)13-5-4-6-25(13)17(27)16-10(2)23-11(3)28-16/h8-9,13-14,22H,4-7H2,1-3H3/t9-,13?,14-/m1/s1. The van der Waals surface area contributed by atoms with E-state index >= 15 is 0 Å². The second-order valence-electron chi connectivity index (χ2n) is 7.54. The number of oxazole rings is 1. The van der Waals surface area contributed by atoms with Gasteiger partial charge in [0.2, 0.25) is 5.76 Å². The maximum atomic E-state index is 13.5. The maximum absolute atomic E-state index is 13.5. The van der Waals surface area contributed by atoms with Crippen LogP contribution in [0.2, 0.25) is 0 Å². The van der Waals surface area contributed by atoms with Crippen molar-refractivity contribution in [3.05, 3.63) is 29.1 Å². The molecule has 1 amide bonds. The molecule has 1 fully saturated rings. The average molecular weight is 397 g/mol. The van der Waals surface area contributed by atoms with Gasteiger partial charge in [-0.1, -0.05) is 0 Å². The molecule has 0 aliphatic carbocycles. The van der Waals surface area contributed by atoms with Crippen LogP contribution in [0.4, 0.5) is 19.0 Å². The number of aryl methyl sites for hydroxylation is 2. The molecular weight excluding hydrogens is 375 g/mol. The molecule has 0 bridgehead atoms. The van der Waals surface area contributed by atoms with Gasteiger partial charge in [0, 0.05) is 25.6 Å². The largest absolute Gasteiger partial charge is 0.436 e. The molecule has 1 N–H and O–H groups in total. The number of hydrogen-bond acceptors (Lipinski definition) is 5. The van der Waals surface area contributed by atoms with Crippen LogP contribution in [0, 0.1) is 13.8 Å². The van der Waals surface area contributed by atoms with E-state index in [-0.39, 0.29) is 30.2 Å². The number of fused-ring (bicyclic) bond motifs is 1. The van der Waals surface area contributed by atoms with Crippen molar-refractivity contribution in [2.75, 3.05) is 11.9 Å². The lowest BCUT2D eigenvalue weighted by Crippen LogP contribution is -2.38. The normalized spacial score (nSPS) is 24.9. The zero-order valence-corrected chi connectivity index (χ0v) is 15.9. The van der Waals surface area contributed by atoms with Gasteiger partial charge in [-0.3, -0.25) is 4.79 Å². The number of carbonyl (C=O) groups is 1. The molecule has 28 heavy (non-hydrogen) atoms. The molecule has 0 radical (unpaired) electrons. The Morgan fingerprint density at radius 3 is 2.75 bits per heavy atom. The van der Waals surface area contributed by atoms with Crippen LogP contribution >= 0.6 is 0 Å². The summed E-state index contributed by atoms with van der Waals surface area (Å²) in [7, 11) is 0. The molecule has 2 aliphatic rings. The Bertz CT molecular complexity index is 904. The molecule has 152 valence electrons. The van der Waals surface area contributed by atoms with E-state index in [9.17, 15) is 18.0 Å². The highest BCUT2D eigenvalue weighted by Gasteiger charge is 2.46. The number of anilines is 1. The molecule has 2 aromatic heterocycles. The molecule has 1 saturated heterocycles. The zero-order chi connectivity index (χ0) is 20.2. The first-order chi connectivity index (χ1) is 13.1. The molecule has 2 aromatic rings. The number of halogens is 3. The number of nitrogens with zero attached hydrogens (tertiary/aromatic N) is 4. The summed E-state index contributed by atoms with van der Waals surface area (Å²) in [6.07, 6.45) is -3.08. The van der Waals surface area contributed by atoms with E-state index in [1.165, 1.54) is 0 Å². The van der Waals surface area contributed by atoms with Gasteiger partial charge in [0.1, 0.15) is 5.82 Å². The number of alkyl halides is 3. The van der Waals surface area contributed by atoms with Gasteiger partial charge < -0.3 is 14.6 Å². The van der Waals surface area contributed by atoms with Crippen LogP contribution in [0.1, 0.15) is 66.1 Å². The third kappa shape index (κ3) is 3.14. The molecule has 1 unspecified atom stereocenters. The van der Waals surface area contributed by atoms with E-state index in [2.05, 4.69) is 15.4 Å². The molecule has 0 saturated carbocycles. The van der Waals surface area contributed by atoms with Gasteiger partial charge in [-0.25, -0.2) is 9.67 Å². The number of nitrogens with one attached hydrogen (secondary N) is 1. The van der Waals surface area contributed by atoms with E-state index in [0.29, 0.717) is 36.1 Å². The molecule has 10 heteroatoms. The highest BCUT2D eigenvalue weighted by molar-refractivity contribution is 5.93. The lowest BCUT2D eigenvalue weighted by molar-refractivity contribution is -0.173. The molecule has 0 aromatic carbocycles.